The van der Waals surface area contributed by atoms with E-state index in [1.165, 1.54) is 0 Å². The highest BCUT2D eigenvalue weighted by Gasteiger charge is 2.43. The molecule has 3 N–H and O–H groups in total. The molecule has 0 saturated heterocycles. The lowest BCUT2D eigenvalue weighted by Gasteiger charge is -2.19. The molecule has 3 rings (SSSR count). The van der Waals surface area contributed by atoms with Crippen molar-refractivity contribution < 1.29 is 8.42 Å². The van der Waals surface area contributed by atoms with Crippen LogP contribution in [0.4, 0.5) is 5.69 Å². The van der Waals surface area contributed by atoms with Gasteiger partial charge in [-0.2, -0.15) is 0 Å². The van der Waals surface area contributed by atoms with E-state index in [4.69, 9.17) is 5.73 Å². The molecular formula is C15H22N2O2S. The topological polar surface area (TPSA) is 72.2 Å². The summed E-state index contributed by atoms with van der Waals surface area (Å²) in [6.07, 6.45) is 4.61. The van der Waals surface area contributed by atoms with Gasteiger partial charge in [-0.05, 0) is 74.6 Å². The zero-order valence-corrected chi connectivity index (χ0v) is 12.8. The molecule has 5 heteroatoms. The van der Waals surface area contributed by atoms with Gasteiger partial charge in [-0.15, -0.1) is 0 Å². The summed E-state index contributed by atoms with van der Waals surface area (Å²) in [5, 5.41) is 0. The van der Waals surface area contributed by atoms with Crippen LogP contribution in [-0.2, 0) is 10.0 Å². The van der Waals surface area contributed by atoms with E-state index in [0.717, 1.165) is 31.2 Å². The van der Waals surface area contributed by atoms with E-state index in [0.29, 0.717) is 28.0 Å². The highest BCUT2D eigenvalue weighted by atomic mass is 32.2. The molecule has 1 aromatic carbocycles. The average molecular weight is 294 g/mol. The third-order valence-electron chi connectivity index (χ3n) is 4.39. The molecule has 0 spiro atoms. The number of hydrogen-bond acceptors (Lipinski definition) is 3. The van der Waals surface area contributed by atoms with E-state index in [1.54, 1.807) is 13.0 Å². The molecule has 0 bridgehead atoms. The molecular weight excluding hydrogens is 272 g/mol. The SMILES string of the molecule is Cc1cc(N)c(C)c(S(=O)(=O)NC(C2CC2)C2CC2)c1. The van der Waals surface area contributed by atoms with Gasteiger partial charge in [-0.1, -0.05) is 0 Å². The monoisotopic (exact) mass is 294 g/mol. The molecule has 2 saturated carbocycles. The summed E-state index contributed by atoms with van der Waals surface area (Å²) in [6.45, 7) is 3.64. The number of sulfonamides is 1. The van der Waals surface area contributed by atoms with Crippen molar-refractivity contribution in [3.05, 3.63) is 23.3 Å². The molecule has 0 unspecified atom stereocenters. The Morgan fingerprint density at radius 3 is 2.20 bits per heavy atom. The van der Waals surface area contributed by atoms with Gasteiger partial charge in [-0.25, -0.2) is 13.1 Å². The van der Waals surface area contributed by atoms with Gasteiger partial charge in [0.2, 0.25) is 10.0 Å². The van der Waals surface area contributed by atoms with Gasteiger partial charge in [0, 0.05) is 11.7 Å². The van der Waals surface area contributed by atoms with Crippen LogP contribution < -0.4 is 10.5 Å². The molecule has 20 heavy (non-hydrogen) atoms. The molecule has 110 valence electrons. The molecule has 0 radical (unpaired) electrons. The lowest BCUT2D eigenvalue weighted by atomic mass is 10.1. The van der Waals surface area contributed by atoms with Gasteiger partial charge in [0.15, 0.2) is 0 Å². The molecule has 1 aromatic rings. The summed E-state index contributed by atoms with van der Waals surface area (Å²) in [5.74, 6) is 1.08. The maximum Gasteiger partial charge on any atom is 0.241 e. The first-order chi connectivity index (χ1) is 9.38. The summed E-state index contributed by atoms with van der Waals surface area (Å²) < 4.78 is 28.3. The van der Waals surface area contributed by atoms with E-state index in [1.807, 2.05) is 13.0 Å². The Kier molecular flexibility index (Phi) is 3.29. The van der Waals surface area contributed by atoms with E-state index < -0.39 is 10.0 Å². The minimum Gasteiger partial charge on any atom is -0.398 e. The second-order valence-electron chi connectivity index (χ2n) is 6.30. The van der Waals surface area contributed by atoms with Gasteiger partial charge in [-0.3, -0.25) is 0 Å². The lowest BCUT2D eigenvalue weighted by Crippen LogP contribution is -2.38. The summed E-state index contributed by atoms with van der Waals surface area (Å²) in [6, 6.07) is 3.65. The van der Waals surface area contributed by atoms with Crippen molar-refractivity contribution in [3.63, 3.8) is 0 Å². The summed E-state index contributed by atoms with van der Waals surface area (Å²) in [4.78, 5) is 0.335. The molecule has 2 fully saturated rings. The normalized spacial score (nSPS) is 19.6. The highest BCUT2D eigenvalue weighted by Crippen LogP contribution is 2.45. The van der Waals surface area contributed by atoms with Gasteiger partial charge >= 0.3 is 0 Å². The predicted octanol–water partition coefficient (Wildman–Crippen LogP) is 2.35. The molecule has 4 nitrogen and oxygen atoms in total. The van der Waals surface area contributed by atoms with Crippen LogP contribution in [0.15, 0.2) is 17.0 Å². The standard InChI is InChI=1S/C15H22N2O2S/c1-9-7-13(16)10(2)14(8-9)20(18,19)17-15(11-3-4-11)12-5-6-12/h7-8,11-12,15,17H,3-6,16H2,1-2H3. The lowest BCUT2D eigenvalue weighted by molar-refractivity contribution is 0.471. The van der Waals surface area contributed by atoms with Crippen LogP contribution in [0.25, 0.3) is 0 Å². The van der Waals surface area contributed by atoms with Crippen LogP contribution >= 0.6 is 0 Å². The molecule has 0 heterocycles. The van der Waals surface area contributed by atoms with Crippen molar-refractivity contribution in [1.29, 1.82) is 0 Å². The number of aryl methyl sites for hydroxylation is 1. The first kappa shape index (κ1) is 13.9. The zero-order chi connectivity index (χ0) is 14.5. The second-order valence-corrected chi connectivity index (χ2v) is 7.98. The van der Waals surface area contributed by atoms with Crippen LogP contribution in [-0.4, -0.2) is 14.5 Å². The number of hydrogen-bond donors (Lipinski definition) is 2. The Bertz CT molecular complexity index is 620. The van der Waals surface area contributed by atoms with Crippen LogP contribution in [0.5, 0.6) is 0 Å². The fourth-order valence-electron chi connectivity index (χ4n) is 2.86. The Hall–Kier alpha value is -1.07. The van der Waals surface area contributed by atoms with Crippen molar-refractivity contribution in [2.45, 2.75) is 50.5 Å². The van der Waals surface area contributed by atoms with Crippen molar-refractivity contribution >= 4 is 15.7 Å². The van der Waals surface area contributed by atoms with E-state index >= 15 is 0 Å². The third kappa shape index (κ3) is 2.69. The minimum atomic E-state index is -3.48. The number of nitrogen functional groups attached to an aromatic ring is 1. The van der Waals surface area contributed by atoms with Crippen molar-refractivity contribution in [2.24, 2.45) is 11.8 Å². The maximum absolute atomic E-state index is 12.7. The van der Waals surface area contributed by atoms with Crippen LogP contribution in [0.3, 0.4) is 0 Å². The summed E-state index contributed by atoms with van der Waals surface area (Å²) >= 11 is 0. The largest absolute Gasteiger partial charge is 0.398 e. The number of nitrogens with one attached hydrogen (secondary N) is 1. The molecule has 0 amide bonds. The average Bonchev–Trinajstić information content (AvgIpc) is 3.24. The van der Waals surface area contributed by atoms with E-state index in [2.05, 4.69) is 4.72 Å². The Labute approximate surface area is 120 Å². The Morgan fingerprint density at radius 2 is 1.70 bits per heavy atom. The van der Waals surface area contributed by atoms with Gasteiger partial charge in [0.1, 0.15) is 0 Å². The first-order valence-electron chi connectivity index (χ1n) is 7.27. The molecule has 0 aromatic heterocycles. The van der Waals surface area contributed by atoms with Gasteiger partial charge in [0.05, 0.1) is 4.90 Å². The molecule has 0 atom stereocenters. The second kappa shape index (κ2) is 4.74. The van der Waals surface area contributed by atoms with Crippen molar-refractivity contribution in [2.75, 3.05) is 5.73 Å². The zero-order valence-electron chi connectivity index (χ0n) is 12.0. The van der Waals surface area contributed by atoms with Crippen molar-refractivity contribution in [1.82, 2.24) is 4.72 Å². The summed E-state index contributed by atoms with van der Waals surface area (Å²) in [5.41, 5.74) is 7.97. The number of benzene rings is 1. The number of anilines is 1. The number of nitrogens with two attached hydrogens (primary N) is 1. The summed E-state index contributed by atoms with van der Waals surface area (Å²) in [7, 11) is -3.48. The Balaban J connectivity index is 1.91. The first-order valence-corrected chi connectivity index (χ1v) is 8.76. The van der Waals surface area contributed by atoms with E-state index in [9.17, 15) is 8.42 Å². The quantitative estimate of drug-likeness (QED) is 0.819. The smallest absolute Gasteiger partial charge is 0.241 e. The molecule has 0 aliphatic heterocycles. The van der Waals surface area contributed by atoms with E-state index in [-0.39, 0.29) is 6.04 Å². The van der Waals surface area contributed by atoms with Gasteiger partial charge < -0.3 is 5.73 Å². The molecule has 2 aliphatic rings. The maximum atomic E-state index is 12.7. The fraction of sp³-hybridized carbons (Fsp3) is 0.600. The van der Waals surface area contributed by atoms with Crippen LogP contribution in [0.2, 0.25) is 0 Å². The van der Waals surface area contributed by atoms with Crippen molar-refractivity contribution in [3.8, 4) is 0 Å². The van der Waals surface area contributed by atoms with Gasteiger partial charge in [0.25, 0.3) is 0 Å². The fourth-order valence-corrected chi connectivity index (χ4v) is 4.59. The minimum absolute atomic E-state index is 0.126. The predicted molar refractivity (Wildman–Crippen MR) is 79.9 cm³/mol. The molecule has 2 aliphatic carbocycles. The Morgan fingerprint density at radius 1 is 1.15 bits per heavy atom. The highest BCUT2D eigenvalue weighted by molar-refractivity contribution is 7.89. The number of rotatable bonds is 5. The third-order valence-corrected chi connectivity index (χ3v) is 5.97. The van der Waals surface area contributed by atoms with Crippen LogP contribution in [0, 0.1) is 25.7 Å². The van der Waals surface area contributed by atoms with Crippen LogP contribution in [0.1, 0.15) is 36.8 Å².